The van der Waals surface area contributed by atoms with Gasteiger partial charge in [-0.25, -0.2) is 4.98 Å². The first-order valence-corrected chi connectivity index (χ1v) is 5.81. The molecule has 0 aliphatic carbocycles. The molecule has 0 radical (unpaired) electrons. The van der Waals surface area contributed by atoms with Crippen LogP contribution in [0.4, 0.5) is 0 Å². The minimum absolute atomic E-state index is 0.446. The molecule has 0 atom stereocenters. The third-order valence-corrected chi connectivity index (χ3v) is 2.88. The molecule has 1 heterocycles. The third kappa shape index (κ3) is 1.97. The van der Waals surface area contributed by atoms with Crippen molar-refractivity contribution in [3.63, 3.8) is 0 Å². The fraction of sp³-hybridized carbons (Fsp3) is 0.0667. The van der Waals surface area contributed by atoms with E-state index in [9.17, 15) is 4.79 Å². The highest BCUT2D eigenvalue weighted by atomic mass is 16.5. The Morgan fingerprint density at radius 1 is 1.21 bits per heavy atom. The van der Waals surface area contributed by atoms with Crippen LogP contribution in [0.3, 0.4) is 0 Å². The van der Waals surface area contributed by atoms with Crippen molar-refractivity contribution in [3.8, 4) is 17.2 Å². The van der Waals surface area contributed by atoms with E-state index in [0.717, 1.165) is 11.8 Å². The summed E-state index contributed by atoms with van der Waals surface area (Å²) in [5, 5.41) is 0. The Morgan fingerprint density at radius 3 is 2.79 bits per heavy atom. The summed E-state index contributed by atoms with van der Waals surface area (Å²) in [5.41, 5.74) is 2.70. The van der Waals surface area contributed by atoms with E-state index < -0.39 is 0 Å². The van der Waals surface area contributed by atoms with Crippen LogP contribution >= 0.6 is 0 Å². The number of para-hydroxylation sites is 2. The number of nitrogens with zero attached hydrogens (tertiary/aromatic N) is 1. The molecule has 1 aromatic heterocycles. The van der Waals surface area contributed by atoms with Gasteiger partial charge in [-0.2, -0.15) is 0 Å². The topological polar surface area (TPSA) is 52.3 Å². The lowest BCUT2D eigenvalue weighted by molar-refractivity contribution is 0.112. The molecule has 94 valence electrons. The van der Waals surface area contributed by atoms with Gasteiger partial charge in [-0.05, 0) is 30.3 Å². The standard InChI is InChI=1S/C15H11NO3/c1-18-13-7-6-10(9-17)8-11(13)15-16-12-4-2-3-5-14(12)19-15/h2-9H,1H3. The molecule has 0 bridgehead atoms. The third-order valence-electron chi connectivity index (χ3n) is 2.88. The molecule has 0 aliphatic rings. The molecule has 0 N–H and O–H groups in total. The van der Waals surface area contributed by atoms with Crippen LogP contribution in [-0.2, 0) is 0 Å². The Bertz CT molecular complexity index is 713. The van der Waals surface area contributed by atoms with Crippen molar-refractivity contribution in [2.75, 3.05) is 7.11 Å². The SMILES string of the molecule is COc1ccc(C=O)cc1-c1nc2ccccc2o1. The molecule has 0 unspecified atom stereocenters. The number of rotatable bonds is 3. The summed E-state index contributed by atoms with van der Waals surface area (Å²) in [7, 11) is 1.57. The van der Waals surface area contributed by atoms with E-state index in [1.165, 1.54) is 0 Å². The summed E-state index contributed by atoms with van der Waals surface area (Å²) in [6, 6.07) is 12.6. The molecule has 0 aliphatic heterocycles. The van der Waals surface area contributed by atoms with Crippen LogP contribution in [0, 0.1) is 0 Å². The molecular formula is C15H11NO3. The van der Waals surface area contributed by atoms with Gasteiger partial charge in [-0.1, -0.05) is 12.1 Å². The zero-order chi connectivity index (χ0) is 13.2. The second kappa shape index (κ2) is 4.57. The lowest BCUT2D eigenvalue weighted by atomic mass is 10.1. The van der Waals surface area contributed by atoms with Crippen molar-refractivity contribution in [2.24, 2.45) is 0 Å². The van der Waals surface area contributed by atoms with E-state index in [1.54, 1.807) is 25.3 Å². The number of hydrogen-bond acceptors (Lipinski definition) is 4. The number of ether oxygens (including phenoxy) is 1. The number of carbonyl (C=O) groups is 1. The molecular weight excluding hydrogens is 242 g/mol. The zero-order valence-electron chi connectivity index (χ0n) is 10.3. The van der Waals surface area contributed by atoms with Crippen LogP contribution in [0.2, 0.25) is 0 Å². The number of aldehydes is 1. The molecule has 0 fully saturated rings. The molecule has 0 saturated carbocycles. The summed E-state index contributed by atoms with van der Waals surface area (Å²) in [6.07, 6.45) is 0.783. The fourth-order valence-corrected chi connectivity index (χ4v) is 1.95. The van der Waals surface area contributed by atoms with E-state index in [2.05, 4.69) is 4.98 Å². The molecule has 19 heavy (non-hydrogen) atoms. The highest BCUT2D eigenvalue weighted by molar-refractivity contribution is 5.82. The van der Waals surface area contributed by atoms with Gasteiger partial charge in [-0.15, -0.1) is 0 Å². The molecule has 0 saturated heterocycles. The largest absolute Gasteiger partial charge is 0.496 e. The predicted molar refractivity (Wildman–Crippen MR) is 71.4 cm³/mol. The van der Waals surface area contributed by atoms with Crippen LogP contribution in [0.25, 0.3) is 22.6 Å². The van der Waals surface area contributed by atoms with Crippen molar-refractivity contribution >= 4 is 17.4 Å². The van der Waals surface area contributed by atoms with E-state index in [-0.39, 0.29) is 0 Å². The number of hydrogen-bond donors (Lipinski definition) is 0. The average Bonchev–Trinajstić information content (AvgIpc) is 2.90. The van der Waals surface area contributed by atoms with Gasteiger partial charge in [0.05, 0.1) is 12.7 Å². The smallest absolute Gasteiger partial charge is 0.231 e. The highest BCUT2D eigenvalue weighted by Gasteiger charge is 2.13. The van der Waals surface area contributed by atoms with Crippen molar-refractivity contribution in [1.82, 2.24) is 4.98 Å². The van der Waals surface area contributed by atoms with E-state index >= 15 is 0 Å². The second-order valence-electron chi connectivity index (χ2n) is 4.06. The Kier molecular flexibility index (Phi) is 2.76. The molecule has 4 nitrogen and oxygen atoms in total. The Hall–Kier alpha value is -2.62. The highest BCUT2D eigenvalue weighted by Crippen LogP contribution is 2.32. The van der Waals surface area contributed by atoms with Gasteiger partial charge in [0.15, 0.2) is 5.58 Å². The van der Waals surface area contributed by atoms with Gasteiger partial charge in [0.25, 0.3) is 0 Å². The van der Waals surface area contributed by atoms with Crippen LogP contribution in [0.15, 0.2) is 46.9 Å². The molecule has 0 spiro atoms. The Labute approximate surface area is 109 Å². The van der Waals surface area contributed by atoms with Crippen LogP contribution in [0.5, 0.6) is 5.75 Å². The maximum Gasteiger partial charge on any atom is 0.231 e. The number of carbonyl (C=O) groups excluding carboxylic acids is 1. The van der Waals surface area contributed by atoms with Crippen molar-refractivity contribution in [2.45, 2.75) is 0 Å². The van der Waals surface area contributed by atoms with Crippen LogP contribution in [0.1, 0.15) is 10.4 Å². The van der Waals surface area contributed by atoms with E-state index in [0.29, 0.717) is 28.4 Å². The number of oxazole rings is 1. The average molecular weight is 253 g/mol. The van der Waals surface area contributed by atoms with E-state index in [4.69, 9.17) is 9.15 Å². The number of aromatic nitrogens is 1. The first-order valence-electron chi connectivity index (χ1n) is 5.81. The minimum Gasteiger partial charge on any atom is -0.496 e. The Morgan fingerprint density at radius 2 is 2.05 bits per heavy atom. The summed E-state index contributed by atoms with van der Waals surface area (Å²) < 4.78 is 11.0. The summed E-state index contributed by atoms with van der Waals surface area (Å²) in [4.78, 5) is 15.3. The maximum atomic E-state index is 10.9. The zero-order valence-corrected chi connectivity index (χ0v) is 10.3. The van der Waals surface area contributed by atoms with Gasteiger partial charge < -0.3 is 9.15 Å². The molecule has 2 aromatic carbocycles. The van der Waals surface area contributed by atoms with E-state index in [1.807, 2.05) is 24.3 Å². The van der Waals surface area contributed by atoms with Crippen molar-refractivity contribution < 1.29 is 13.9 Å². The number of methoxy groups -OCH3 is 1. The predicted octanol–water partition coefficient (Wildman–Crippen LogP) is 3.32. The normalized spacial score (nSPS) is 10.6. The molecule has 3 rings (SSSR count). The van der Waals surface area contributed by atoms with Gasteiger partial charge in [-0.3, -0.25) is 4.79 Å². The van der Waals surface area contributed by atoms with Gasteiger partial charge >= 0.3 is 0 Å². The summed E-state index contributed by atoms with van der Waals surface area (Å²) in [6.45, 7) is 0. The summed E-state index contributed by atoms with van der Waals surface area (Å²) in [5.74, 6) is 1.07. The van der Waals surface area contributed by atoms with Gasteiger partial charge in [0, 0.05) is 5.56 Å². The van der Waals surface area contributed by atoms with Crippen LogP contribution in [-0.4, -0.2) is 18.4 Å². The molecule has 0 amide bonds. The van der Waals surface area contributed by atoms with Crippen LogP contribution < -0.4 is 4.74 Å². The lowest BCUT2D eigenvalue weighted by Crippen LogP contribution is -1.90. The molecule has 3 aromatic rings. The number of fused-ring (bicyclic) bond motifs is 1. The Balaban J connectivity index is 2.21. The first-order chi connectivity index (χ1) is 9.31. The van der Waals surface area contributed by atoms with Gasteiger partial charge in [0.2, 0.25) is 5.89 Å². The molecule has 4 heteroatoms. The van der Waals surface area contributed by atoms with Gasteiger partial charge in [0.1, 0.15) is 17.6 Å². The quantitative estimate of drug-likeness (QED) is 0.672. The first kappa shape index (κ1) is 11.5. The van der Waals surface area contributed by atoms with Crippen molar-refractivity contribution in [3.05, 3.63) is 48.0 Å². The lowest BCUT2D eigenvalue weighted by Gasteiger charge is -2.05. The second-order valence-corrected chi connectivity index (χ2v) is 4.06. The summed E-state index contributed by atoms with van der Waals surface area (Å²) >= 11 is 0. The number of benzene rings is 2. The fourth-order valence-electron chi connectivity index (χ4n) is 1.95. The van der Waals surface area contributed by atoms with Crippen molar-refractivity contribution in [1.29, 1.82) is 0 Å². The maximum absolute atomic E-state index is 10.9. The monoisotopic (exact) mass is 253 g/mol. The minimum atomic E-state index is 0.446.